The van der Waals surface area contributed by atoms with Crippen molar-refractivity contribution in [1.82, 2.24) is 34.0 Å². The molecule has 0 aliphatic carbocycles. The maximum Gasteiger partial charge on any atom is 0.259 e. The van der Waals surface area contributed by atoms with Crippen molar-refractivity contribution in [1.29, 1.82) is 0 Å². The first-order valence-corrected chi connectivity index (χ1v) is 9.84. The third kappa shape index (κ3) is 4.31. The van der Waals surface area contributed by atoms with Crippen molar-refractivity contribution in [3.63, 3.8) is 0 Å². The van der Waals surface area contributed by atoms with Gasteiger partial charge in [0, 0.05) is 38.1 Å². The summed E-state index contributed by atoms with van der Waals surface area (Å²) in [5.74, 6) is 1.86. The normalized spacial score (nSPS) is 11.7. The van der Waals surface area contributed by atoms with E-state index in [9.17, 15) is 8.42 Å². The van der Waals surface area contributed by atoms with Gasteiger partial charge in [-0.15, -0.1) is 0 Å². The molecule has 3 aromatic heterocycles. The van der Waals surface area contributed by atoms with Crippen molar-refractivity contribution in [2.24, 2.45) is 7.05 Å². The second-order valence-corrected chi connectivity index (χ2v) is 7.88. The van der Waals surface area contributed by atoms with Crippen molar-refractivity contribution in [2.75, 3.05) is 18.4 Å². The minimum absolute atomic E-state index is 0.0105. The second-order valence-electron chi connectivity index (χ2n) is 6.16. The van der Waals surface area contributed by atoms with Gasteiger partial charge in [0.15, 0.2) is 10.8 Å². The molecule has 3 aromatic rings. The lowest BCUT2D eigenvalue weighted by Crippen LogP contribution is -2.29. The molecule has 0 fully saturated rings. The van der Waals surface area contributed by atoms with E-state index in [1.54, 1.807) is 29.3 Å². The van der Waals surface area contributed by atoms with Crippen molar-refractivity contribution in [3.05, 3.63) is 41.9 Å². The van der Waals surface area contributed by atoms with Crippen molar-refractivity contribution < 1.29 is 8.42 Å². The Kier molecular flexibility index (Phi) is 5.24. The summed E-state index contributed by atoms with van der Waals surface area (Å²) in [6.07, 6.45) is 2.92. The van der Waals surface area contributed by atoms with Crippen molar-refractivity contribution in [3.8, 4) is 5.82 Å². The Hall–Kier alpha value is -2.79. The standard InChI is InChI=1S/C16H22N8O2S/c1-11-7-12(2)24(22-11)15-8-14(18-10-19-15)17-5-6-20-27(25,26)16-9-23(4)13(3)21-16/h7-10,20H,5-6H2,1-4H3,(H,17,18,19). The highest BCUT2D eigenvalue weighted by Crippen LogP contribution is 2.12. The number of aryl methyl sites for hydroxylation is 4. The van der Waals surface area contributed by atoms with Gasteiger partial charge in [0.25, 0.3) is 10.0 Å². The highest BCUT2D eigenvalue weighted by atomic mass is 32.2. The molecule has 3 heterocycles. The van der Waals surface area contributed by atoms with Gasteiger partial charge < -0.3 is 9.88 Å². The zero-order valence-corrected chi connectivity index (χ0v) is 16.4. The van der Waals surface area contributed by atoms with E-state index in [-0.39, 0.29) is 11.6 Å². The number of hydrogen-bond donors (Lipinski definition) is 2. The third-order valence-corrected chi connectivity index (χ3v) is 5.30. The van der Waals surface area contributed by atoms with Crippen LogP contribution in [-0.4, -0.2) is 50.8 Å². The van der Waals surface area contributed by atoms with E-state index in [0.717, 1.165) is 11.4 Å². The number of nitrogens with one attached hydrogen (secondary N) is 2. The Balaban J connectivity index is 1.59. The van der Waals surface area contributed by atoms with Gasteiger partial charge in [0.2, 0.25) is 0 Å². The summed E-state index contributed by atoms with van der Waals surface area (Å²) in [6.45, 7) is 6.16. The maximum atomic E-state index is 12.2. The van der Waals surface area contributed by atoms with Gasteiger partial charge in [-0.1, -0.05) is 0 Å². The zero-order valence-electron chi connectivity index (χ0n) is 15.6. The van der Waals surface area contributed by atoms with E-state index in [1.807, 2.05) is 19.9 Å². The number of sulfonamides is 1. The molecule has 2 N–H and O–H groups in total. The van der Waals surface area contributed by atoms with Gasteiger partial charge in [-0.05, 0) is 26.8 Å². The topological polar surface area (TPSA) is 120 Å². The minimum Gasteiger partial charge on any atom is -0.369 e. The number of imidazole rings is 1. The van der Waals surface area contributed by atoms with E-state index in [1.165, 1.54) is 12.5 Å². The van der Waals surface area contributed by atoms with E-state index in [0.29, 0.717) is 24.0 Å². The molecule has 0 saturated heterocycles. The van der Waals surface area contributed by atoms with Crippen LogP contribution in [0.5, 0.6) is 0 Å². The quantitative estimate of drug-likeness (QED) is 0.570. The number of nitrogens with zero attached hydrogens (tertiary/aromatic N) is 6. The summed E-state index contributed by atoms with van der Waals surface area (Å²) in [6, 6.07) is 3.72. The molecule has 10 nitrogen and oxygen atoms in total. The second kappa shape index (κ2) is 7.45. The lowest BCUT2D eigenvalue weighted by atomic mass is 10.4. The van der Waals surface area contributed by atoms with E-state index in [2.05, 4.69) is 30.1 Å². The highest BCUT2D eigenvalue weighted by Gasteiger charge is 2.17. The predicted molar refractivity (Wildman–Crippen MR) is 100 cm³/mol. The van der Waals surface area contributed by atoms with Gasteiger partial charge in [-0.2, -0.15) is 5.10 Å². The molecule has 0 atom stereocenters. The van der Waals surface area contributed by atoms with Gasteiger partial charge in [-0.3, -0.25) is 0 Å². The minimum atomic E-state index is -3.64. The van der Waals surface area contributed by atoms with E-state index < -0.39 is 10.0 Å². The van der Waals surface area contributed by atoms with Crippen LogP contribution in [0.25, 0.3) is 5.82 Å². The molecule has 0 unspecified atom stereocenters. The monoisotopic (exact) mass is 390 g/mol. The fraction of sp³-hybridized carbons (Fsp3) is 0.375. The van der Waals surface area contributed by atoms with Crippen LogP contribution in [0.15, 0.2) is 29.7 Å². The molecule has 3 rings (SSSR count). The average Bonchev–Trinajstić information content (AvgIpc) is 3.14. The largest absolute Gasteiger partial charge is 0.369 e. The summed E-state index contributed by atoms with van der Waals surface area (Å²) >= 11 is 0. The molecule has 0 bridgehead atoms. The van der Waals surface area contributed by atoms with Crippen molar-refractivity contribution in [2.45, 2.75) is 25.8 Å². The van der Waals surface area contributed by atoms with E-state index >= 15 is 0 Å². The molecular formula is C16H22N8O2S. The van der Waals surface area contributed by atoms with Gasteiger partial charge in [0.05, 0.1) is 5.69 Å². The first-order valence-electron chi connectivity index (χ1n) is 8.35. The molecule has 0 aliphatic heterocycles. The average molecular weight is 390 g/mol. The summed E-state index contributed by atoms with van der Waals surface area (Å²) in [5.41, 5.74) is 1.87. The first kappa shape index (κ1) is 19.0. The van der Waals surface area contributed by atoms with Crippen LogP contribution >= 0.6 is 0 Å². The van der Waals surface area contributed by atoms with Crippen LogP contribution in [0.4, 0.5) is 5.82 Å². The molecule has 144 valence electrons. The lowest BCUT2D eigenvalue weighted by Gasteiger charge is -2.08. The molecule has 0 saturated carbocycles. The van der Waals surface area contributed by atoms with Crippen LogP contribution in [0.3, 0.4) is 0 Å². The van der Waals surface area contributed by atoms with Gasteiger partial charge in [-0.25, -0.2) is 32.8 Å². The van der Waals surface area contributed by atoms with Crippen LogP contribution in [0, 0.1) is 20.8 Å². The Morgan fingerprint density at radius 1 is 1.11 bits per heavy atom. The summed E-state index contributed by atoms with van der Waals surface area (Å²) in [5, 5.41) is 7.48. The molecule has 0 aliphatic rings. The number of hydrogen-bond acceptors (Lipinski definition) is 7. The third-order valence-electron chi connectivity index (χ3n) is 3.96. The van der Waals surface area contributed by atoms with Crippen LogP contribution in [0.1, 0.15) is 17.2 Å². The summed E-state index contributed by atoms with van der Waals surface area (Å²) < 4.78 is 30.4. The molecule has 0 aromatic carbocycles. The predicted octanol–water partition coefficient (Wildman–Crippen LogP) is 0.711. The highest BCUT2D eigenvalue weighted by molar-refractivity contribution is 7.89. The molecule has 0 radical (unpaired) electrons. The van der Waals surface area contributed by atoms with E-state index in [4.69, 9.17) is 0 Å². The number of rotatable bonds is 7. The first-order chi connectivity index (χ1) is 12.8. The fourth-order valence-electron chi connectivity index (χ4n) is 2.53. The number of aromatic nitrogens is 6. The smallest absolute Gasteiger partial charge is 0.259 e. The zero-order chi connectivity index (χ0) is 19.6. The summed E-state index contributed by atoms with van der Waals surface area (Å²) in [4.78, 5) is 12.4. The van der Waals surface area contributed by atoms with Crippen LogP contribution in [0.2, 0.25) is 0 Å². The van der Waals surface area contributed by atoms with Crippen molar-refractivity contribution >= 4 is 15.8 Å². The molecule has 11 heteroatoms. The Labute approximate surface area is 157 Å². The van der Waals surface area contributed by atoms with Gasteiger partial charge >= 0.3 is 0 Å². The molecule has 27 heavy (non-hydrogen) atoms. The fourth-order valence-corrected chi connectivity index (χ4v) is 3.59. The molecule has 0 amide bonds. The number of anilines is 1. The summed E-state index contributed by atoms with van der Waals surface area (Å²) in [7, 11) is -1.89. The van der Waals surface area contributed by atoms with Crippen LogP contribution < -0.4 is 10.0 Å². The SMILES string of the molecule is Cc1cc(C)n(-c2cc(NCCNS(=O)(=O)c3cn(C)c(C)n3)ncn2)n1. The molecular weight excluding hydrogens is 368 g/mol. The maximum absolute atomic E-state index is 12.2. The lowest BCUT2D eigenvalue weighted by molar-refractivity contribution is 0.579. The van der Waals surface area contributed by atoms with Gasteiger partial charge in [0.1, 0.15) is 18.0 Å². The Morgan fingerprint density at radius 3 is 2.52 bits per heavy atom. The molecule has 0 spiro atoms. The Bertz CT molecular complexity index is 1030. The Morgan fingerprint density at radius 2 is 1.89 bits per heavy atom. The van der Waals surface area contributed by atoms with Crippen LogP contribution in [-0.2, 0) is 17.1 Å².